The van der Waals surface area contributed by atoms with E-state index in [2.05, 4.69) is 87.4 Å². The Kier molecular flexibility index (Phi) is 25.2. The van der Waals surface area contributed by atoms with Crippen LogP contribution in [0.25, 0.3) is 0 Å². The topological polar surface area (TPSA) is 120 Å². The Morgan fingerprint density at radius 2 is 1.30 bits per heavy atom. The van der Waals surface area contributed by atoms with Gasteiger partial charge in [-0.05, 0) is 98.8 Å². The van der Waals surface area contributed by atoms with Crippen LogP contribution in [0.1, 0.15) is 140 Å². The minimum absolute atomic E-state index is 0.0344. The fourth-order valence-corrected chi connectivity index (χ4v) is 7.55. The summed E-state index contributed by atoms with van der Waals surface area (Å²) >= 11 is 1.07. The number of morpholine rings is 1. The van der Waals surface area contributed by atoms with Crippen molar-refractivity contribution in [1.29, 1.82) is 0 Å². The average Bonchev–Trinajstić information content (AvgIpc) is 3.72. The lowest BCUT2D eigenvalue weighted by Crippen LogP contribution is -2.55. The van der Waals surface area contributed by atoms with Gasteiger partial charge in [-0.25, -0.2) is 0 Å². The van der Waals surface area contributed by atoms with Crippen molar-refractivity contribution >= 4 is 35.0 Å². The number of carbonyl (C=O) groups excluding carboxylic acids is 3. The van der Waals surface area contributed by atoms with Gasteiger partial charge in [-0.3, -0.25) is 14.4 Å². The molecule has 1 aromatic rings. The van der Waals surface area contributed by atoms with E-state index in [0.29, 0.717) is 70.1 Å². The van der Waals surface area contributed by atoms with Crippen LogP contribution < -0.4 is 9.64 Å². The molecule has 0 bridgehead atoms. The van der Waals surface area contributed by atoms with Crippen molar-refractivity contribution in [3.05, 3.63) is 72.9 Å². The molecule has 0 N–H and O–H groups in total. The normalized spacial score (nSPS) is 16.5. The van der Waals surface area contributed by atoms with Gasteiger partial charge in [-0.2, -0.15) is 4.37 Å². The molecule has 1 saturated heterocycles. The zero-order valence-corrected chi connectivity index (χ0v) is 40.0. The molecule has 0 aromatic carbocycles. The molecule has 2 rings (SSSR count). The third-order valence-corrected chi connectivity index (χ3v) is 11.4. The van der Waals surface area contributed by atoms with Crippen LogP contribution in [0.3, 0.4) is 0 Å². The Hall–Kier alpha value is -3.71. The monoisotopic (exact) mass is 867 g/mol. The predicted molar refractivity (Wildman–Crippen MR) is 250 cm³/mol. The second kappa shape index (κ2) is 28.8. The summed E-state index contributed by atoms with van der Waals surface area (Å²) in [6.07, 6.45) is 32.0. The van der Waals surface area contributed by atoms with E-state index in [-0.39, 0.29) is 30.6 Å². The molecule has 1 fully saturated rings. The van der Waals surface area contributed by atoms with E-state index in [0.717, 1.165) is 50.3 Å². The minimum atomic E-state index is -1.26. The number of hydrogen-bond donors (Lipinski definition) is 0. The van der Waals surface area contributed by atoms with Crippen molar-refractivity contribution in [3.8, 4) is 5.88 Å². The molecule has 342 valence electrons. The van der Waals surface area contributed by atoms with Gasteiger partial charge in [0.1, 0.15) is 30.0 Å². The van der Waals surface area contributed by atoms with E-state index in [1.54, 1.807) is 18.7 Å². The number of Topliss-reactive ketones (excluding diaryl/α,β-unsaturated/α-hetero) is 2. The molecule has 0 saturated carbocycles. The van der Waals surface area contributed by atoms with E-state index < -0.39 is 28.9 Å². The lowest BCUT2D eigenvalue weighted by molar-refractivity contribution is -0.181. The predicted octanol–water partition coefficient (Wildman–Crippen LogP) is 10.5. The van der Waals surface area contributed by atoms with Crippen molar-refractivity contribution in [2.24, 2.45) is 0 Å². The molecule has 11 nitrogen and oxygen atoms in total. The van der Waals surface area contributed by atoms with Gasteiger partial charge in [-0.15, -0.1) is 4.37 Å². The van der Waals surface area contributed by atoms with Crippen molar-refractivity contribution in [2.45, 2.75) is 169 Å². The summed E-state index contributed by atoms with van der Waals surface area (Å²) in [4.78, 5) is 44.8. The molecule has 1 aromatic heterocycles. The van der Waals surface area contributed by atoms with Gasteiger partial charge in [0.2, 0.25) is 11.7 Å². The smallest absolute Gasteiger partial charge is 0.270 e. The summed E-state index contributed by atoms with van der Waals surface area (Å²) in [5.41, 5.74) is -2.91. The summed E-state index contributed by atoms with van der Waals surface area (Å²) in [7, 11) is 0. The van der Waals surface area contributed by atoms with Crippen molar-refractivity contribution in [2.75, 3.05) is 44.4 Å². The number of ketones is 2. The Bertz CT molecular complexity index is 1610. The fourth-order valence-electron chi connectivity index (χ4n) is 7.03. The summed E-state index contributed by atoms with van der Waals surface area (Å²) in [5.74, 6) is 0.615. The number of rotatable bonds is 30. The molecule has 0 aliphatic carbocycles. The first-order valence-electron chi connectivity index (χ1n) is 22.6. The molecule has 2 heterocycles. The number of aromatic nitrogens is 2. The molecule has 1 aliphatic heterocycles. The van der Waals surface area contributed by atoms with Gasteiger partial charge in [0.15, 0.2) is 11.6 Å². The second-order valence-electron chi connectivity index (χ2n) is 16.6. The summed E-state index contributed by atoms with van der Waals surface area (Å²) in [6.45, 7) is 21.5. The fraction of sp³-hybridized carbons (Fsp3) is 0.653. The Balaban J connectivity index is 2.01. The second-order valence-corrected chi connectivity index (χ2v) is 17.2. The zero-order chi connectivity index (χ0) is 45.2. The average molecular weight is 867 g/mol. The first-order chi connectivity index (χ1) is 29.2. The number of hydrogen-bond acceptors (Lipinski definition) is 11. The molecule has 0 spiro atoms. The summed E-state index contributed by atoms with van der Waals surface area (Å²) in [6, 6.07) is 0. The van der Waals surface area contributed by atoms with E-state index in [1.807, 2.05) is 47.6 Å². The molecule has 0 radical (unpaired) electrons. The number of amides is 1. The highest BCUT2D eigenvalue weighted by Crippen LogP contribution is 2.32. The number of carbonyl (C=O) groups is 3. The van der Waals surface area contributed by atoms with Crippen LogP contribution in [0.5, 0.6) is 5.88 Å². The quantitative estimate of drug-likeness (QED) is 0.0691. The number of allylic oxidation sites excluding steroid dienone is 12. The van der Waals surface area contributed by atoms with Crippen molar-refractivity contribution in [3.63, 3.8) is 0 Å². The Morgan fingerprint density at radius 1 is 0.770 bits per heavy atom. The maximum atomic E-state index is 14.5. The highest BCUT2D eigenvalue weighted by Gasteiger charge is 2.45. The highest BCUT2D eigenvalue weighted by molar-refractivity contribution is 6.99. The van der Waals surface area contributed by atoms with Gasteiger partial charge in [-0.1, -0.05) is 101 Å². The molecule has 3 atom stereocenters. The van der Waals surface area contributed by atoms with Crippen molar-refractivity contribution < 1.29 is 33.3 Å². The molecule has 61 heavy (non-hydrogen) atoms. The maximum absolute atomic E-state index is 14.5. The van der Waals surface area contributed by atoms with E-state index in [4.69, 9.17) is 18.9 Å². The van der Waals surface area contributed by atoms with Crippen LogP contribution in [0, 0.1) is 0 Å². The van der Waals surface area contributed by atoms with Crippen molar-refractivity contribution in [1.82, 2.24) is 13.6 Å². The highest BCUT2D eigenvalue weighted by atomic mass is 32.1. The largest absolute Gasteiger partial charge is 0.472 e. The third-order valence-electron chi connectivity index (χ3n) is 10.9. The molecular formula is C49H78N4O7S. The van der Waals surface area contributed by atoms with Gasteiger partial charge >= 0.3 is 0 Å². The van der Waals surface area contributed by atoms with Gasteiger partial charge < -0.3 is 28.7 Å². The Morgan fingerprint density at radius 3 is 1.77 bits per heavy atom. The van der Waals surface area contributed by atoms with Crippen LogP contribution in [0.2, 0.25) is 0 Å². The van der Waals surface area contributed by atoms with Crippen LogP contribution >= 0.6 is 11.7 Å². The number of nitrogens with zero attached hydrogens (tertiary/aromatic N) is 4. The van der Waals surface area contributed by atoms with E-state index >= 15 is 0 Å². The van der Waals surface area contributed by atoms with E-state index in [9.17, 15) is 14.4 Å². The first kappa shape index (κ1) is 53.4. The summed E-state index contributed by atoms with van der Waals surface area (Å²) in [5, 5.41) is 0. The molecule has 1 amide bonds. The lowest BCUT2D eigenvalue weighted by Gasteiger charge is -2.41. The number of ether oxygens (including phenoxy) is 4. The van der Waals surface area contributed by atoms with Crippen LogP contribution in [0.15, 0.2) is 72.9 Å². The first-order valence-corrected chi connectivity index (χ1v) is 23.3. The third kappa shape index (κ3) is 19.1. The summed E-state index contributed by atoms with van der Waals surface area (Å²) < 4.78 is 33.9. The molecular weight excluding hydrogens is 789 g/mol. The molecule has 1 unspecified atom stereocenters. The van der Waals surface area contributed by atoms with Crippen LogP contribution in [-0.4, -0.2) is 99.5 Å². The standard InChI is InChI=1S/C49H78N4O7S/c1-11-15-16-17-18-19-20-21-22-23-24-25-26-27-28-29-30-31-32-33-43(55)48(10,12-2)59-40(5)44(56)49(13-3,14-4)60-42(38-53(41(6)54)47(7,8)9)39-58-46-45(50-61-51-46)52-34-36-57-37-35-52/h15-16,18-19,21-22,24-25,27-28,30-31,40,42H,11-14,17,20,23,26,29,32-39H2,1-10H3/b16-15-,19-18-,22-21-,25-24-,28-27-,31-30-/t40-,42-,48?/m0/s1. The maximum Gasteiger partial charge on any atom is 0.270 e. The SMILES string of the molecule is CC/C=C\C/C=C\C/C=C\C/C=C\C/C=C\C/C=C\CCC(=O)C(C)(CC)O[C@@H](C)C(=O)C(CC)(CC)O[C@H](COc1nsnc1N1CCOCC1)CN(C(C)=O)C(C)(C)C. The molecule has 12 heteroatoms. The van der Waals surface area contributed by atoms with Gasteiger partial charge in [0, 0.05) is 32.0 Å². The Labute approximate surface area is 372 Å². The van der Waals surface area contributed by atoms with Crippen LogP contribution in [0.4, 0.5) is 5.82 Å². The minimum Gasteiger partial charge on any atom is -0.472 e. The molecule has 1 aliphatic rings. The van der Waals surface area contributed by atoms with Crippen LogP contribution in [-0.2, 0) is 28.6 Å². The number of anilines is 1. The lowest BCUT2D eigenvalue weighted by atomic mass is 9.87. The van der Waals surface area contributed by atoms with Gasteiger partial charge in [0.25, 0.3) is 5.88 Å². The van der Waals surface area contributed by atoms with Gasteiger partial charge in [0.05, 0.1) is 31.5 Å². The van der Waals surface area contributed by atoms with E-state index in [1.165, 1.54) is 6.92 Å². The zero-order valence-electron chi connectivity index (χ0n) is 39.2.